The lowest BCUT2D eigenvalue weighted by molar-refractivity contribution is 0.0947. The van der Waals surface area contributed by atoms with Crippen molar-refractivity contribution in [2.24, 2.45) is 0 Å². The molecule has 0 aromatic heterocycles. The van der Waals surface area contributed by atoms with Crippen LogP contribution >= 0.6 is 0 Å². The molecule has 3 rings (SSSR count). The van der Waals surface area contributed by atoms with Gasteiger partial charge in [0.05, 0.1) is 11.4 Å². The van der Waals surface area contributed by atoms with Crippen molar-refractivity contribution in [3.05, 3.63) is 29.3 Å². The van der Waals surface area contributed by atoms with Crippen molar-refractivity contribution in [3.8, 4) is 0 Å². The van der Waals surface area contributed by atoms with Crippen LogP contribution in [-0.2, 0) is 10.0 Å². The molecule has 2 fully saturated rings. The monoisotopic (exact) mass is 421 g/mol. The molecule has 0 unspecified atom stereocenters. The van der Waals surface area contributed by atoms with Crippen molar-refractivity contribution >= 4 is 21.6 Å². The van der Waals surface area contributed by atoms with E-state index in [1.807, 2.05) is 13.0 Å². The Labute approximate surface area is 175 Å². The molecule has 2 saturated heterocycles. The Bertz CT molecular complexity index is 810. The van der Waals surface area contributed by atoms with Gasteiger partial charge in [-0.05, 0) is 69.7 Å². The largest absolute Gasteiger partial charge is 0.352 e. The molecule has 1 aromatic rings. The first kappa shape index (κ1) is 22.1. The lowest BCUT2D eigenvalue weighted by Gasteiger charge is -2.35. The SMILES string of the molecule is CC[C@@H]1CCCCN1CCCNC(=O)c1ccc(C)c(N2CCCCS2(=O)=O)c1. The predicted molar refractivity (Wildman–Crippen MR) is 118 cm³/mol. The summed E-state index contributed by atoms with van der Waals surface area (Å²) in [6.07, 6.45) is 7.56. The van der Waals surface area contributed by atoms with Crippen LogP contribution in [0.15, 0.2) is 18.2 Å². The van der Waals surface area contributed by atoms with Gasteiger partial charge in [0.1, 0.15) is 0 Å². The van der Waals surface area contributed by atoms with Gasteiger partial charge in [0.2, 0.25) is 10.0 Å². The van der Waals surface area contributed by atoms with Crippen LogP contribution in [0.25, 0.3) is 0 Å². The van der Waals surface area contributed by atoms with E-state index in [0.717, 1.165) is 31.5 Å². The molecule has 2 aliphatic heterocycles. The van der Waals surface area contributed by atoms with Crippen molar-refractivity contribution in [2.45, 2.75) is 64.8 Å². The van der Waals surface area contributed by atoms with E-state index in [-0.39, 0.29) is 11.7 Å². The topological polar surface area (TPSA) is 69.7 Å². The van der Waals surface area contributed by atoms with Crippen molar-refractivity contribution in [2.75, 3.05) is 36.2 Å². The standard InChI is InChI=1S/C22H35N3O3S/c1-3-20-9-4-5-13-24(20)14-8-12-23-22(26)19-11-10-18(2)21(17-19)25-15-6-7-16-29(25,27)28/h10-11,17,20H,3-9,12-16H2,1-2H3,(H,23,26)/t20-/m1/s1. The zero-order valence-electron chi connectivity index (χ0n) is 17.8. The number of carbonyl (C=O) groups is 1. The lowest BCUT2D eigenvalue weighted by Crippen LogP contribution is -2.40. The van der Waals surface area contributed by atoms with Gasteiger partial charge in [0.15, 0.2) is 0 Å². The highest BCUT2D eigenvalue weighted by Gasteiger charge is 2.27. The average Bonchev–Trinajstić information content (AvgIpc) is 2.71. The fourth-order valence-corrected chi connectivity index (χ4v) is 6.17. The van der Waals surface area contributed by atoms with Crippen molar-refractivity contribution < 1.29 is 13.2 Å². The van der Waals surface area contributed by atoms with Gasteiger partial charge in [-0.25, -0.2) is 8.42 Å². The number of amides is 1. The van der Waals surface area contributed by atoms with Gasteiger partial charge in [-0.2, -0.15) is 0 Å². The van der Waals surface area contributed by atoms with Gasteiger partial charge in [-0.3, -0.25) is 9.10 Å². The minimum Gasteiger partial charge on any atom is -0.352 e. The molecule has 0 saturated carbocycles. The van der Waals surface area contributed by atoms with Crippen molar-refractivity contribution in [1.82, 2.24) is 10.2 Å². The van der Waals surface area contributed by atoms with Crippen LogP contribution < -0.4 is 9.62 Å². The van der Waals surface area contributed by atoms with Crippen LogP contribution in [0.4, 0.5) is 5.69 Å². The van der Waals surface area contributed by atoms with Gasteiger partial charge >= 0.3 is 0 Å². The number of likely N-dealkylation sites (tertiary alicyclic amines) is 1. The number of carbonyl (C=O) groups excluding carboxylic acids is 1. The van der Waals surface area contributed by atoms with E-state index in [1.54, 1.807) is 12.1 Å². The van der Waals surface area contributed by atoms with E-state index in [1.165, 1.54) is 30.0 Å². The summed E-state index contributed by atoms with van der Waals surface area (Å²) in [5, 5.41) is 3.01. The summed E-state index contributed by atoms with van der Waals surface area (Å²) in [5.41, 5.74) is 2.04. The Balaban J connectivity index is 1.57. The Morgan fingerprint density at radius 2 is 1.97 bits per heavy atom. The average molecular weight is 422 g/mol. The molecule has 0 radical (unpaired) electrons. The minimum absolute atomic E-state index is 0.133. The minimum atomic E-state index is -3.29. The Kier molecular flexibility index (Phi) is 7.57. The van der Waals surface area contributed by atoms with E-state index < -0.39 is 10.0 Å². The number of hydrogen-bond acceptors (Lipinski definition) is 4. The predicted octanol–water partition coefficient (Wildman–Crippen LogP) is 3.31. The fraction of sp³-hybridized carbons (Fsp3) is 0.682. The summed E-state index contributed by atoms with van der Waals surface area (Å²) < 4.78 is 26.4. The molecular weight excluding hydrogens is 386 g/mol. The maximum Gasteiger partial charge on any atom is 0.251 e. The highest BCUT2D eigenvalue weighted by atomic mass is 32.2. The van der Waals surface area contributed by atoms with Crippen molar-refractivity contribution in [1.29, 1.82) is 0 Å². The van der Waals surface area contributed by atoms with E-state index in [9.17, 15) is 13.2 Å². The third-order valence-corrected chi connectivity index (χ3v) is 8.07. The first-order valence-electron chi connectivity index (χ1n) is 11.1. The zero-order valence-corrected chi connectivity index (χ0v) is 18.6. The molecule has 2 heterocycles. The summed E-state index contributed by atoms with van der Waals surface area (Å²) in [6.45, 7) is 7.45. The number of nitrogens with zero attached hydrogens (tertiary/aromatic N) is 2. The van der Waals surface area contributed by atoms with Gasteiger partial charge in [0, 0.05) is 31.2 Å². The van der Waals surface area contributed by atoms with Crippen LogP contribution in [0.1, 0.15) is 67.8 Å². The summed E-state index contributed by atoms with van der Waals surface area (Å²) in [5.74, 6) is 0.0457. The van der Waals surface area contributed by atoms with Crippen LogP contribution in [-0.4, -0.2) is 57.2 Å². The number of benzene rings is 1. The van der Waals surface area contributed by atoms with Gasteiger partial charge < -0.3 is 10.2 Å². The normalized spacial score (nSPS) is 22.4. The van der Waals surface area contributed by atoms with Gasteiger partial charge in [0.25, 0.3) is 5.91 Å². The fourth-order valence-electron chi connectivity index (χ4n) is 4.48. The molecule has 0 bridgehead atoms. The maximum atomic E-state index is 12.6. The molecular formula is C22H35N3O3S. The second-order valence-electron chi connectivity index (χ2n) is 8.30. The molecule has 1 N–H and O–H groups in total. The van der Waals surface area contributed by atoms with Gasteiger partial charge in [-0.1, -0.05) is 19.4 Å². The first-order chi connectivity index (χ1) is 13.9. The molecule has 7 heteroatoms. The highest BCUT2D eigenvalue weighted by Crippen LogP contribution is 2.28. The third-order valence-electron chi connectivity index (χ3n) is 6.22. The summed E-state index contributed by atoms with van der Waals surface area (Å²) in [6, 6.07) is 6.03. The van der Waals surface area contributed by atoms with E-state index in [4.69, 9.17) is 0 Å². The number of rotatable bonds is 7. The molecule has 2 aliphatic rings. The summed E-state index contributed by atoms with van der Waals surface area (Å²) in [4.78, 5) is 15.2. The Hall–Kier alpha value is -1.60. The number of nitrogens with one attached hydrogen (secondary N) is 1. The summed E-state index contributed by atoms with van der Waals surface area (Å²) >= 11 is 0. The molecule has 162 valence electrons. The molecule has 0 spiro atoms. The number of aryl methyl sites for hydroxylation is 1. The van der Waals surface area contributed by atoms with E-state index in [0.29, 0.717) is 36.8 Å². The number of hydrogen-bond donors (Lipinski definition) is 1. The van der Waals surface area contributed by atoms with Crippen LogP contribution in [0.5, 0.6) is 0 Å². The smallest absolute Gasteiger partial charge is 0.251 e. The van der Waals surface area contributed by atoms with Crippen LogP contribution in [0.2, 0.25) is 0 Å². The number of piperidine rings is 1. The second kappa shape index (κ2) is 9.94. The Morgan fingerprint density at radius 1 is 1.17 bits per heavy atom. The number of sulfonamides is 1. The molecule has 1 aromatic carbocycles. The maximum absolute atomic E-state index is 12.6. The first-order valence-corrected chi connectivity index (χ1v) is 12.7. The molecule has 29 heavy (non-hydrogen) atoms. The number of anilines is 1. The molecule has 6 nitrogen and oxygen atoms in total. The van der Waals surface area contributed by atoms with Crippen LogP contribution in [0, 0.1) is 6.92 Å². The second-order valence-corrected chi connectivity index (χ2v) is 10.3. The zero-order chi connectivity index (χ0) is 20.9. The van der Waals surface area contributed by atoms with Crippen LogP contribution in [0.3, 0.4) is 0 Å². The molecule has 1 amide bonds. The summed E-state index contributed by atoms with van der Waals surface area (Å²) in [7, 11) is -3.29. The highest BCUT2D eigenvalue weighted by molar-refractivity contribution is 7.92. The Morgan fingerprint density at radius 3 is 2.72 bits per heavy atom. The van der Waals surface area contributed by atoms with Gasteiger partial charge in [-0.15, -0.1) is 0 Å². The molecule has 0 aliphatic carbocycles. The van der Waals surface area contributed by atoms with E-state index in [2.05, 4.69) is 17.1 Å². The van der Waals surface area contributed by atoms with Crippen molar-refractivity contribution in [3.63, 3.8) is 0 Å². The third kappa shape index (κ3) is 5.51. The lowest BCUT2D eigenvalue weighted by atomic mass is 10.00. The van der Waals surface area contributed by atoms with E-state index >= 15 is 0 Å². The molecule has 1 atom stereocenters. The quantitative estimate of drug-likeness (QED) is 0.686.